The van der Waals surface area contributed by atoms with Gasteiger partial charge in [0.25, 0.3) is 5.91 Å². The van der Waals surface area contributed by atoms with Crippen molar-refractivity contribution in [2.45, 2.75) is 38.1 Å². The summed E-state index contributed by atoms with van der Waals surface area (Å²) in [5.41, 5.74) is 5.08. The second-order valence-corrected chi connectivity index (χ2v) is 5.81. The van der Waals surface area contributed by atoms with E-state index < -0.39 is 17.3 Å². The van der Waals surface area contributed by atoms with Crippen LogP contribution in [0.25, 0.3) is 0 Å². The number of aliphatic hydroxyl groups excluding tert-OH is 1. The summed E-state index contributed by atoms with van der Waals surface area (Å²) in [6, 6.07) is 3.99. The fourth-order valence-corrected chi connectivity index (χ4v) is 2.66. The Morgan fingerprint density at radius 2 is 2.15 bits per heavy atom. The average molecular weight is 280 g/mol. The van der Waals surface area contributed by atoms with Crippen molar-refractivity contribution in [1.29, 1.82) is 0 Å². The highest BCUT2D eigenvalue weighted by molar-refractivity contribution is 5.95. The molecule has 0 saturated heterocycles. The number of benzene rings is 1. The summed E-state index contributed by atoms with van der Waals surface area (Å²) in [6.45, 7) is 2.03. The number of rotatable bonds is 3. The number of anilines is 1. The lowest BCUT2D eigenvalue weighted by atomic mass is 9.77. The maximum Gasteiger partial charge on any atom is 0.254 e. The number of carbonyl (C=O) groups is 1. The molecule has 2 rings (SSSR count). The molecule has 0 aromatic heterocycles. The van der Waals surface area contributed by atoms with Gasteiger partial charge in [0.05, 0.1) is 17.7 Å². The van der Waals surface area contributed by atoms with Crippen molar-refractivity contribution in [2.24, 2.45) is 5.92 Å². The Kier molecular flexibility index (Phi) is 4.28. The van der Waals surface area contributed by atoms with E-state index in [1.54, 1.807) is 0 Å². The number of hydrogen-bond donors (Lipinski definition) is 3. The number of nitrogens with two attached hydrogens (primary N) is 1. The van der Waals surface area contributed by atoms with Gasteiger partial charge < -0.3 is 16.2 Å². The van der Waals surface area contributed by atoms with Crippen LogP contribution in [0.4, 0.5) is 10.1 Å². The fourth-order valence-electron chi connectivity index (χ4n) is 2.66. The van der Waals surface area contributed by atoms with Crippen LogP contribution in [0.15, 0.2) is 18.2 Å². The van der Waals surface area contributed by atoms with Crippen molar-refractivity contribution in [3.8, 4) is 0 Å². The summed E-state index contributed by atoms with van der Waals surface area (Å²) in [5.74, 6) is -0.536. The highest BCUT2D eigenvalue weighted by Gasteiger charge is 2.35. The van der Waals surface area contributed by atoms with Crippen LogP contribution in [-0.2, 0) is 0 Å². The van der Waals surface area contributed by atoms with Gasteiger partial charge in [-0.05, 0) is 49.8 Å². The molecule has 20 heavy (non-hydrogen) atoms. The van der Waals surface area contributed by atoms with Gasteiger partial charge in [-0.15, -0.1) is 0 Å². The third-order valence-corrected chi connectivity index (χ3v) is 4.15. The number of hydrogen-bond acceptors (Lipinski definition) is 3. The molecule has 110 valence electrons. The van der Waals surface area contributed by atoms with Crippen molar-refractivity contribution in [2.75, 3.05) is 12.3 Å². The zero-order chi connectivity index (χ0) is 14.8. The molecule has 1 aliphatic rings. The van der Waals surface area contributed by atoms with E-state index in [0.717, 1.165) is 18.9 Å². The highest BCUT2D eigenvalue weighted by Crippen LogP contribution is 2.32. The Bertz CT molecular complexity index is 497. The lowest BCUT2D eigenvalue weighted by molar-refractivity contribution is 0.0713. The molecule has 0 bridgehead atoms. The maximum absolute atomic E-state index is 13.7. The van der Waals surface area contributed by atoms with Crippen LogP contribution in [0.5, 0.6) is 0 Å². The molecule has 0 spiro atoms. The first kappa shape index (κ1) is 14.8. The third-order valence-electron chi connectivity index (χ3n) is 4.15. The van der Waals surface area contributed by atoms with E-state index in [9.17, 15) is 14.3 Å². The van der Waals surface area contributed by atoms with Gasteiger partial charge >= 0.3 is 0 Å². The molecule has 4 N–H and O–H groups in total. The smallest absolute Gasteiger partial charge is 0.254 e. The van der Waals surface area contributed by atoms with Crippen molar-refractivity contribution >= 4 is 11.6 Å². The van der Waals surface area contributed by atoms with Crippen molar-refractivity contribution in [3.05, 3.63) is 29.6 Å². The van der Waals surface area contributed by atoms with Crippen LogP contribution < -0.4 is 11.1 Å². The zero-order valence-corrected chi connectivity index (χ0v) is 11.7. The molecule has 1 fully saturated rings. The maximum atomic E-state index is 13.7. The minimum atomic E-state index is -0.639. The number of nitrogens with one attached hydrogen (secondary N) is 1. The largest absolute Gasteiger partial charge is 0.399 e. The third kappa shape index (κ3) is 3.10. The fraction of sp³-hybridized carbons (Fsp3) is 0.533. The van der Waals surface area contributed by atoms with Gasteiger partial charge in [0.1, 0.15) is 5.82 Å². The summed E-state index contributed by atoms with van der Waals surface area (Å²) in [5, 5.41) is 12.4. The van der Waals surface area contributed by atoms with Crippen molar-refractivity contribution in [1.82, 2.24) is 5.32 Å². The summed E-state index contributed by atoms with van der Waals surface area (Å²) in [6.07, 6.45) is 3.33. The van der Waals surface area contributed by atoms with E-state index in [1.807, 2.05) is 0 Å². The molecular weight excluding hydrogens is 259 g/mol. The predicted octanol–water partition coefficient (Wildman–Crippen LogP) is 2.08. The van der Waals surface area contributed by atoms with Crippen LogP contribution in [0.1, 0.15) is 43.0 Å². The first-order valence-electron chi connectivity index (χ1n) is 6.94. The molecule has 0 atom stereocenters. The molecule has 4 nitrogen and oxygen atoms in total. The van der Waals surface area contributed by atoms with Gasteiger partial charge in [-0.3, -0.25) is 4.79 Å². The number of halogens is 1. The summed E-state index contributed by atoms with van der Waals surface area (Å²) in [4.78, 5) is 12.2. The molecule has 1 aromatic carbocycles. The van der Waals surface area contributed by atoms with Gasteiger partial charge in [0.15, 0.2) is 0 Å². The van der Waals surface area contributed by atoms with Gasteiger partial charge in [-0.1, -0.05) is 6.92 Å². The molecule has 1 aromatic rings. The Hall–Kier alpha value is -1.62. The molecule has 0 unspecified atom stereocenters. The van der Waals surface area contributed by atoms with E-state index >= 15 is 0 Å². The normalized spacial score (nSPS) is 26.2. The summed E-state index contributed by atoms with van der Waals surface area (Å²) < 4.78 is 13.7. The zero-order valence-electron chi connectivity index (χ0n) is 11.7. The standard InChI is InChI=1S/C15H21FN2O2/c1-10-4-6-15(9-19,7-5-10)18-14(20)12-3-2-11(17)8-13(12)16/h2-3,8,10,19H,4-7,9,17H2,1H3,(H,18,20). The first-order chi connectivity index (χ1) is 9.46. The van der Waals surface area contributed by atoms with Crippen LogP contribution in [0, 0.1) is 11.7 Å². The number of amides is 1. The average Bonchev–Trinajstić information content (AvgIpc) is 2.41. The molecule has 5 heteroatoms. The minimum Gasteiger partial charge on any atom is -0.399 e. The number of aliphatic hydroxyl groups is 1. The topological polar surface area (TPSA) is 75.3 Å². The Balaban J connectivity index is 2.13. The first-order valence-corrected chi connectivity index (χ1v) is 6.94. The second-order valence-electron chi connectivity index (χ2n) is 5.81. The Morgan fingerprint density at radius 3 is 2.70 bits per heavy atom. The van der Waals surface area contributed by atoms with Gasteiger partial charge in [-0.25, -0.2) is 4.39 Å². The molecule has 1 amide bonds. The van der Waals surface area contributed by atoms with E-state index in [4.69, 9.17) is 5.73 Å². The van der Waals surface area contributed by atoms with E-state index in [1.165, 1.54) is 12.1 Å². The predicted molar refractivity (Wildman–Crippen MR) is 75.7 cm³/mol. The van der Waals surface area contributed by atoms with Gasteiger partial charge in [0.2, 0.25) is 0 Å². The van der Waals surface area contributed by atoms with Gasteiger partial charge in [-0.2, -0.15) is 0 Å². The monoisotopic (exact) mass is 280 g/mol. The Morgan fingerprint density at radius 1 is 1.50 bits per heavy atom. The van der Waals surface area contributed by atoms with Crippen LogP contribution >= 0.6 is 0 Å². The SMILES string of the molecule is CC1CCC(CO)(NC(=O)c2ccc(N)cc2F)CC1. The number of nitrogen functional groups attached to an aromatic ring is 1. The van der Waals surface area contributed by atoms with E-state index in [0.29, 0.717) is 18.8 Å². The molecule has 0 radical (unpaired) electrons. The lowest BCUT2D eigenvalue weighted by Gasteiger charge is -2.38. The molecule has 0 aliphatic heterocycles. The molecular formula is C15H21FN2O2. The minimum absolute atomic E-state index is 0.0364. The van der Waals surface area contributed by atoms with Crippen LogP contribution in [-0.4, -0.2) is 23.2 Å². The van der Waals surface area contributed by atoms with E-state index in [-0.39, 0.29) is 17.9 Å². The quantitative estimate of drug-likeness (QED) is 0.742. The van der Waals surface area contributed by atoms with Crippen molar-refractivity contribution in [3.63, 3.8) is 0 Å². The Labute approximate surface area is 118 Å². The number of carbonyl (C=O) groups excluding carboxylic acids is 1. The molecule has 1 saturated carbocycles. The van der Waals surface area contributed by atoms with Crippen molar-refractivity contribution < 1.29 is 14.3 Å². The summed E-state index contributed by atoms with van der Waals surface area (Å²) in [7, 11) is 0. The summed E-state index contributed by atoms with van der Waals surface area (Å²) >= 11 is 0. The van der Waals surface area contributed by atoms with Crippen LogP contribution in [0.2, 0.25) is 0 Å². The lowest BCUT2D eigenvalue weighted by Crippen LogP contribution is -2.53. The molecule has 0 heterocycles. The van der Waals surface area contributed by atoms with Crippen LogP contribution in [0.3, 0.4) is 0 Å². The highest BCUT2D eigenvalue weighted by atomic mass is 19.1. The second kappa shape index (κ2) is 5.79. The molecule has 1 aliphatic carbocycles. The van der Waals surface area contributed by atoms with Gasteiger partial charge in [0, 0.05) is 5.69 Å². The van der Waals surface area contributed by atoms with E-state index in [2.05, 4.69) is 12.2 Å².